The minimum absolute atomic E-state index is 0.0612. The number of hydrogen-bond donors (Lipinski definition) is 1. The van der Waals surface area contributed by atoms with Gasteiger partial charge in [0.2, 0.25) is 10.0 Å². The van der Waals surface area contributed by atoms with Crippen LogP contribution < -0.4 is 4.72 Å². The van der Waals surface area contributed by atoms with Gasteiger partial charge in [-0.05, 0) is 23.8 Å². The Hall–Kier alpha value is -2.66. The average molecular weight is 408 g/mol. The molecule has 8 nitrogen and oxygen atoms in total. The van der Waals surface area contributed by atoms with E-state index in [4.69, 9.17) is 0 Å². The molecule has 2 heterocycles. The lowest BCUT2D eigenvalue weighted by Crippen LogP contribution is -2.31. The largest absolute Gasteiger partial charge is 0.241 e. The maximum atomic E-state index is 14.3. The van der Waals surface area contributed by atoms with E-state index in [-0.39, 0.29) is 24.3 Å². The predicted octanol–water partition coefficient (Wildman–Crippen LogP) is 2.19. The Kier molecular flexibility index (Phi) is 6.15. The number of sulfonamides is 1. The molecule has 148 valence electrons. The fourth-order valence-corrected chi connectivity index (χ4v) is 3.31. The van der Waals surface area contributed by atoms with Crippen molar-refractivity contribution in [2.24, 2.45) is 15.4 Å². The molecule has 1 N–H and O–H groups in total. The number of halogens is 2. The molecule has 1 aromatic carbocycles. The van der Waals surface area contributed by atoms with E-state index < -0.39 is 27.6 Å². The Morgan fingerprint density at radius 1 is 1.21 bits per heavy atom. The molecule has 0 saturated carbocycles. The summed E-state index contributed by atoms with van der Waals surface area (Å²) in [6, 6.07) is 3.21. The Morgan fingerprint density at radius 3 is 2.57 bits per heavy atom. The van der Waals surface area contributed by atoms with Crippen LogP contribution in [0.3, 0.4) is 0 Å². The quantitative estimate of drug-likeness (QED) is 0.722. The SMILES string of the molecule is CCS(=O)(=O)NCC(Cc1ncc(C2=NN=NC2)cn1)c1ccc(F)cc1F. The molecule has 3 rings (SSSR count). The molecule has 0 spiro atoms. The highest BCUT2D eigenvalue weighted by atomic mass is 32.2. The first-order valence-electron chi connectivity index (χ1n) is 8.55. The summed E-state index contributed by atoms with van der Waals surface area (Å²) in [5.74, 6) is -1.78. The number of nitrogens with one attached hydrogen (secondary N) is 1. The van der Waals surface area contributed by atoms with Crippen LogP contribution in [-0.4, -0.2) is 42.9 Å². The molecule has 0 bridgehead atoms. The fraction of sp³-hybridized carbons (Fsp3) is 0.353. The first-order valence-corrected chi connectivity index (χ1v) is 10.2. The lowest BCUT2D eigenvalue weighted by molar-refractivity contribution is 0.533. The van der Waals surface area contributed by atoms with Crippen LogP contribution in [-0.2, 0) is 16.4 Å². The molecule has 0 fully saturated rings. The number of nitrogens with zero attached hydrogens (tertiary/aromatic N) is 5. The van der Waals surface area contributed by atoms with Gasteiger partial charge in [0.05, 0.1) is 11.5 Å². The lowest BCUT2D eigenvalue weighted by Gasteiger charge is -2.18. The van der Waals surface area contributed by atoms with Gasteiger partial charge in [-0.3, -0.25) is 0 Å². The molecule has 0 aliphatic carbocycles. The summed E-state index contributed by atoms with van der Waals surface area (Å²) in [4.78, 5) is 8.50. The third kappa shape index (κ3) is 4.98. The molecule has 0 amide bonds. The summed E-state index contributed by atoms with van der Waals surface area (Å²) >= 11 is 0. The molecular formula is C17H18F2N6O2S. The molecule has 1 aliphatic heterocycles. The van der Waals surface area contributed by atoms with E-state index in [1.165, 1.54) is 13.0 Å². The topological polar surface area (TPSA) is 109 Å². The lowest BCUT2D eigenvalue weighted by atomic mass is 9.95. The van der Waals surface area contributed by atoms with Crippen molar-refractivity contribution in [3.63, 3.8) is 0 Å². The van der Waals surface area contributed by atoms with E-state index in [0.29, 0.717) is 23.6 Å². The van der Waals surface area contributed by atoms with E-state index in [1.807, 2.05) is 0 Å². The van der Waals surface area contributed by atoms with E-state index in [1.54, 1.807) is 12.4 Å². The second-order valence-corrected chi connectivity index (χ2v) is 8.24. The first kappa shape index (κ1) is 20.1. The molecule has 1 aromatic heterocycles. The predicted molar refractivity (Wildman–Crippen MR) is 98.6 cm³/mol. The van der Waals surface area contributed by atoms with E-state index in [2.05, 4.69) is 30.1 Å². The Morgan fingerprint density at radius 2 is 1.96 bits per heavy atom. The zero-order valence-electron chi connectivity index (χ0n) is 15.0. The number of benzene rings is 1. The third-order valence-corrected chi connectivity index (χ3v) is 5.62. The van der Waals surface area contributed by atoms with Crippen LogP contribution in [0.4, 0.5) is 8.78 Å². The summed E-state index contributed by atoms with van der Waals surface area (Å²) < 4.78 is 53.6. The van der Waals surface area contributed by atoms with Gasteiger partial charge >= 0.3 is 0 Å². The summed E-state index contributed by atoms with van der Waals surface area (Å²) in [6.07, 6.45) is 3.29. The summed E-state index contributed by atoms with van der Waals surface area (Å²) in [5, 5.41) is 11.2. The third-order valence-electron chi connectivity index (χ3n) is 4.25. The van der Waals surface area contributed by atoms with Crippen molar-refractivity contribution >= 4 is 15.7 Å². The van der Waals surface area contributed by atoms with Gasteiger partial charge in [0, 0.05) is 42.9 Å². The zero-order chi connectivity index (χ0) is 20.1. The molecule has 28 heavy (non-hydrogen) atoms. The van der Waals surface area contributed by atoms with Gasteiger partial charge < -0.3 is 0 Å². The molecule has 1 atom stereocenters. The van der Waals surface area contributed by atoms with Crippen LogP contribution in [0.5, 0.6) is 0 Å². The van der Waals surface area contributed by atoms with Crippen LogP contribution in [0.2, 0.25) is 0 Å². The second kappa shape index (κ2) is 8.57. The van der Waals surface area contributed by atoms with Gasteiger partial charge in [-0.25, -0.2) is 31.9 Å². The maximum absolute atomic E-state index is 14.3. The highest BCUT2D eigenvalue weighted by molar-refractivity contribution is 7.89. The highest BCUT2D eigenvalue weighted by Gasteiger charge is 2.21. The highest BCUT2D eigenvalue weighted by Crippen LogP contribution is 2.23. The van der Waals surface area contributed by atoms with Gasteiger partial charge in [0.1, 0.15) is 24.0 Å². The van der Waals surface area contributed by atoms with Gasteiger partial charge in [-0.15, -0.1) is 5.10 Å². The van der Waals surface area contributed by atoms with E-state index in [9.17, 15) is 17.2 Å². The first-order chi connectivity index (χ1) is 13.4. The minimum Gasteiger partial charge on any atom is -0.241 e. The zero-order valence-corrected chi connectivity index (χ0v) is 15.8. The van der Waals surface area contributed by atoms with Crippen molar-refractivity contribution in [3.8, 4) is 0 Å². The molecule has 11 heteroatoms. The summed E-state index contributed by atoms with van der Waals surface area (Å²) in [6.45, 7) is 1.79. The Balaban J connectivity index is 1.81. The summed E-state index contributed by atoms with van der Waals surface area (Å²) in [7, 11) is -3.48. The van der Waals surface area contributed by atoms with Crippen LogP contribution in [0, 0.1) is 11.6 Å². The van der Waals surface area contributed by atoms with E-state index in [0.717, 1.165) is 12.1 Å². The molecular weight excluding hydrogens is 390 g/mol. The van der Waals surface area contributed by atoms with Crippen LogP contribution in [0.25, 0.3) is 0 Å². The normalized spacial score (nSPS) is 14.9. The number of hydrogen-bond acceptors (Lipinski definition) is 7. The second-order valence-electron chi connectivity index (χ2n) is 6.14. The van der Waals surface area contributed by atoms with Crippen LogP contribution in [0.15, 0.2) is 46.0 Å². The molecule has 0 radical (unpaired) electrons. The molecule has 1 unspecified atom stereocenters. The smallest absolute Gasteiger partial charge is 0.211 e. The van der Waals surface area contributed by atoms with Crippen molar-refractivity contribution in [1.29, 1.82) is 0 Å². The van der Waals surface area contributed by atoms with Crippen molar-refractivity contribution in [3.05, 3.63) is 59.2 Å². The van der Waals surface area contributed by atoms with Gasteiger partial charge in [-0.2, -0.15) is 5.11 Å². The fourth-order valence-electron chi connectivity index (χ4n) is 2.65. The van der Waals surface area contributed by atoms with Gasteiger partial charge in [0.15, 0.2) is 0 Å². The molecule has 0 saturated heterocycles. The number of rotatable bonds is 8. The average Bonchev–Trinajstić information content (AvgIpc) is 3.21. The monoisotopic (exact) mass is 408 g/mol. The van der Waals surface area contributed by atoms with Crippen molar-refractivity contribution in [2.45, 2.75) is 19.3 Å². The standard InChI is InChI=1S/C17H18F2N6O2S/c1-2-28(26,27)23-9-11(14-4-3-13(18)6-15(14)19)5-17-20-7-12(8-21-17)16-10-22-25-24-16/h3-4,6-8,11,23H,2,5,9-10H2,1H3. The van der Waals surface area contributed by atoms with Crippen molar-refractivity contribution < 1.29 is 17.2 Å². The van der Waals surface area contributed by atoms with Crippen molar-refractivity contribution in [2.75, 3.05) is 18.8 Å². The van der Waals surface area contributed by atoms with Crippen LogP contribution in [0.1, 0.15) is 29.8 Å². The van der Waals surface area contributed by atoms with Crippen LogP contribution >= 0.6 is 0 Å². The number of aromatic nitrogens is 2. The van der Waals surface area contributed by atoms with Gasteiger partial charge in [0.25, 0.3) is 0 Å². The van der Waals surface area contributed by atoms with Gasteiger partial charge in [-0.1, -0.05) is 6.07 Å². The Bertz CT molecular complexity index is 1010. The molecule has 2 aromatic rings. The Labute approximate surface area is 160 Å². The maximum Gasteiger partial charge on any atom is 0.211 e. The summed E-state index contributed by atoms with van der Waals surface area (Å²) in [5.41, 5.74) is 1.50. The van der Waals surface area contributed by atoms with E-state index >= 15 is 0 Å². The van der Waals surface area contributed by atoms with Crippen molar-refractivity contribution in [1.82, 2.24) is 14.7 Å². The molecule has 1 aliphatic rings. The minimum atomic E-state index is -3.48.